The Morgan fingerprint density at radius 1 is 1.03 bits per heavy atom. The number of benzene rings is 2. The second-order valence-electron chi connectivity index (χ2n) is 7.22. The molecule has 1 saturated carbocycles. The molecule has 31 heavy (non-hydrogen) atoms. The molecule has 1 amide bonds. The third-order valence-electron chi connectivity index (χ3n) is 5.07. The van der Waals surface area contributed by atoms with Gasteiger partial charge in [-0.3, -0.25) is 4.79 Å². The third kappa shape index (κ3) is 5.81. The number of amides is 1. The van der Waals surface area contributed by atoms with Gasteiger partial charge in [-0.15, -0.1) is 0 Å². The van der Waals surface area contributed by atoms with E-state index in [4.69, 9.17) is 18.9 Å². The minimum Gasteiger partial charge on any atom is -0.497 e. The molecule has 1 fully saturated rings. The summed E-state index contributed by atoms with van der Waals surface area (Å²) in [5, 5.41) is 0. The number of hydrogen-bond acceptors (Lipinski definition) is 5. The Balaban J connectivity index is 1.74. The third-order valence-corrected chi connectivity index (χ3v) is 5.07. The molecule has 0 heterocycles. The maximum Gasteiger partial charge on any atom is 0.247 e. The molecule has 0 unspecified atom stereocenters. The topological polar surface area (TPSA) is 57.2 Å². The van der Waals surface area contributed by atoms with E-state index < -0.39 is 0 Å². The average Bonchev–Trinajstić information content (AvgIpc) is 3.65. The summed E-state index contributed by atoms with van der Waals surface area (Å²) < 4.78 is 21.7. The van der Waals surface area contributed by atoms with Crippen LogP contribution in [0.15, 0.2) is 55.1 Å². The van der Waals surface area contributed by atoms with Crippen LogP contribution in [0.25, 0.3) is 6.08 Å². The number of rotatable bonds is 11. The molecule has 6 nitrogen and oxygen atoms in total. The Morgan fingerprint density at radius 2 is 1.81 bits per heavy atom. The van der Waals surface area contributed by atoms with Gasteiger partial charge in [-0.05, 0) is 48.7 Å². The summed E-state index contributed by atoms with van der Waals surface area (Å²) in [6.45, 7) is 4.53. The van der Waals surface area contributed by atoms with Crippen LogP contribution in [-0.4, -0.2) is 44.8 Å². The molecule has 164 valence electrons. The predicted octanol–water partition coefficient (Wildman–Crippen LogP) is 4.48. The van der Waals surface area contributed by atoms with E-state index in [-0.39, 0.29) is 11.9 Å². The van der Waals surface area contributed by atoms with Gasteiger partial charge in [-0.25, -0.2) is 0 Å². The van der Waals surface area contributed by atoms with E-state index in [1.165, 1.54) is 0 Å². The SMILES string of the molecule is C=CCOc1ccc(/C=C/C(=O)N(Cc2ccc(OC)cc2OC)C2CC2)cc1OC. The molecule has 0 bridgehead atoms. The minimum absolute atomic E-state index is 0.0358. The molecule has 3 rings (SSSR count). The van der Waals surface area contributed by atoms with Crippen LogP contribution in [0, 0.1) is 0 Å². The van der Waals surface area contributed by atoms with Crippen LogP contribution < -0.4 is 18.9 Å². The molecule has 0 aromatic heterocycles. The molecule has 6 heteroatoms. The van der Waals surface area contributed by atoms with E-state index >= 15 is 0 Å². The van der Waals surface area contributed by atoms with Crippen LogP contribution in [0.5, 0.6) is 23.0 Å². The fourth-order valence-electron chi connectivity index (χ4n) is 3.26. The van der Waals surface area contributed by atoms with E-state index in [1.54, 1.807) is 39.6 Å². The van der Waals surface area contributed by atoms with Crippen LogP contribution in [0.4, 0.5) is 0 Å². The quantitative estimate of drug-likeness (QED) is 0.394. The zero-order valence-electron chi connectivity index (χ0n) is 18.3. The molecule has 0 atom stereocenters. The summed E-state index contributed by atoms with van der Waals surface area (Å²) in [5.41, 5.74) is 1.80. The highest BCUT2D eigenvalue weighted by atomic mass is 16.5. The second kappa shape index (κ2) is 10.6. The maximum atomic E-state index is 13.0. The summed E-state index contributed by atoms with van der Waals surface area (Å²) in [4.78, 5) is 14.9. The standard InChI is InChI=1S/C25H29NO5/c1-5-14-31-22-12-6-18(15-24(22)30-4)7-13-25(27)26(20-9-10-20)17-19-8-11-21(28-2)16-23(19)29-3/h5-8,11-13,15-16,20H,1,9-10,14,17H2,2-4H3/b13-7+. The summed E-state index contributed by atoms with van der Waals surface area (Å²) in [5.74, 6) is 2.64. The van der Waals surface area contributed by atoms with Crippen LogP contribution in [0.1, 0.15) is 24.0 Å². The monoisotopic (exact) mass is 423 g/mol. The molecular weight excluding hydrogens is 394 g/mol. The van der Waals surface area contributed by atoms with Gasteiger partial charge in [0.2, 0.25) is 5.91 Å². The molecule has 1 aliphatic carbocycles. The van der Waals surface area contributed by atoms with E-state index in [2.05, 4.69) is 6.58 Å². The first-order chi connectivity index (χ1) is 15.1. The second-order valence-corrected chi connectivity index (χ2v) is 7.22. The van der Waals surface area contributed by atoms with Gasteiger partial charge in [0, 0.05) is 30.3 Å². The molecule has 0 aliphatic heterocycles. The van der Waals surface area contributed by atoms with E-state index in [1.807, 2.05) is 41.3 Å². The van der Waals surface area contributed by atoms with Gasteiger partial charge in [0.25, 0.3) is 0 Å². The summed E-state index contributed by atoms with van der Waals surface area (Å²) >= 11 is 0. The average molecular weight is 424 g/mol. The summed E-state index contributed by atoms with van der Waals surface area (Å²) in [6.07, 6.45) is 7.11. The van der Waals surface area contributed by atoms with Crippen molar-refractivity contribution < 1.29 is 23.7 Å². The first kappa shape index (κ1) is 22.3. The number of methoxy groups -OCH3 is 3. The number of carbonyl (C=O) groups excluding carboxylic acids is 1. The van der Waals surface area contributed by atoms with Gasteiger partial charge in [0.05, 0.1) is 21.3 Å². The normalized spacial score (nSPS) is 13.0. The summed E-state index contributed by atoms with van der Waals surface area (Å²) in [7, 11) is 4.83. The largest absolute Gasteiger partial charge is 0.497 e. The number of carbonyl (C=O) groups is 1. The van der Waals surface area contributed by atoms with Crippen LogP contribution in [0.2, 0.25) is 0 Å². The molecule has 0 spiro atoms. The number of ether oxygens (including phenoxy) is 4. The van der Waals surface area contributed by atoms with Crippen molar-refractivity contribution in [3.05, 3.63) is 66.3 Å². The molecule has 0 radical (unpaired) electrons. The lowest BCUT2D eigenvalue weighted by Crippen LogP contribution is -2.31. The number of nitrogens with zero attached hydrogens (tertiary/aromatic N) is 1. The zero-order chi connectivity index (χ0) is 22.2. The van der Waals surface area contributed by atoms with E-state index in [0.29, 0.717) is 30.4 Å². The Labute approximate surface area is 183 Å². The van der Waals surface area contributed by atoms with Crippen molar-refractivity contribution in [1.29, 1.82) is 0 Å². The van der Waals surface area contributed by atoms with Crippen LogP contribution >= 0.6 is 0 Å². The minimum atomic E-state index is -0.0358. The highest BCUT2D eigenvalue weighted by Gasteiger charge is 2.32. The van der Waals surface area contributed by atoms with Gasteiger partial charge in [-0.2, -0.15) is 0 Å². The van der Waals surface area contributed by atoms with E-state index in [9.17, 15) is 4.79 Å². The van der Waals surface area contributed by atoms with Crippen molar-refractivity contribution >= 4 is 12.0 Å². The fraction of sp³-hybridized carbons (Fsp3) is 0.320. The van der Waals surface area contributed by atoms with Gasteiger partial charge in [0.15, 0.2) is 11.5 Å². The molecule has 2 aromatic rings. The highest BCUT2D eigenvalue weighted by Crippen LogP contribution is 2.33. The molecule has 2 aromatic carbocycles. The van der Waals surface area contributed by atoms with Crippen LogP contribution in [-0.2, 0) is 11.3 Å². The van der Waals surface area contributed by atoms with Gasteiger partial charge < -0.3 is 23.8 Å². The first-order valence-electron chi connectivity index (χ1n) is 10.2. The predicted molar refractivity (Wildman–Crippen MR) is 121 cm³/mol. The van der Waals surface area contributed by atoms with Gasteiger partial charge >= 0.3 is 0 Å². The highest BCUT2D eigenvalue weighted by molar-refractivity contribution is 5.92. The van der Waals surface area contributed by atoms with Crippen molar-refractivity contribution in [2.24, 2.45) is 0 Å². The Bertz CT molecular complexity index is 949. The Hall–Kier alpha value is -3.41. The van der Waals surface area contributed by atoms with Crippen LogP contribution in [0.3, 0.4) is 0 Å². The van der Waals surface area contributed by atoms with Crippen molar-refractivity contribution in [3.63, 3.8) is 0 Å². The molecular formula is C25H29NO5. The molecule has 1 aliphatic rings. The van der Waals surface area contributed by atoms with Crippen molar-refractivity contribution in [2.45, 2.75) is 25.4 Å². The Morgan fingerprint density at radius 3 is 2.45 bits per heavy atom. The fourth-order valence-corrected chi connectivity index (χ4v) is 3.26. The summed E-state index contributed by atoms with van der Waals surface area (Å²) in [6, 6.07) is 11.5. The maximum absolute atomic E-state index is 13.0. The van der Waals surface area contributed by atoms with Gasteiger partial charge in [0.1, 0.15) is 18.1 Å². The smallest absolute Gasteiger partial charge is 0.247 e. The number of hydrogen-bond donors (Lipinski definition) is 0. The first-order valence-corrected chi connectivity index (χ1v) is 10.2. The van der Waals surface area contributed by atoms with Crippen molar-refractivity contribution in [1.82, 2.24) is 4.90 Å². The lowest BCUT2D eigenvalue weighted by molar-refractivity contribution is -0.127. The molecule has 0 saturated heterocycles. The van der Waals surface area contributed by atoms with Crippen molar-refractivity contribution in [2.75, 3.05) is 27.9 Å². The van der Waals surface area contributed by atoms with E-state index in [0.717, 1.165) is 29.7 Å². The molecule has 0 N–H and O–H groups in total. The Kier molecular flexibility index (Phi) is 7.60. The van der Waals surface area contributed by atoms with Gasteiger partial charge in [-0.1, -0.05) is 18.7 Å². The lowest BCUT2D eigenvalue weighted by Gasteiger charge is -2.22. The lowest BCUT2D eigenvalue weighted by atomic mass is 10.1. The zero-order valence-corrected chi connectivity index (χ0v) is 18.3. The van der Waals surface area contributed by atoms with Crippen molar-refractivity contribution in [3.8, 4) is 23.0 Å².